The highest BCUT2D eigenvalue weighted by Gasteiger charge is 2.31. The minimum Gasteiger partial charge on any atom is -0.383 e. The first-order chi connectivity index (χ1) is 15.2. The molecule has 0 fully saturated rings. The second-order valence-corrected chi connectivity index (χ2v) is 8.71. The largest absolute Gasteiger partial charge is 0.416 e. The molecule has 2 rings (SSSR count). The zero-order valence-electron chi connectivity index (χ0n) is 19.4. The number of anilines is 3. The SMILES string of the molecule is C=NC(=Nc1cccc(NC(C)C)c1)/N=C(\N)Nc1cc(NC(C)(C)C)cc(C(F)(F)F)c1. The monoisotopic (exact) mass is 461 g/mol. The molecule has 0 aliphatic carbocycles. The Balaban J connectivity index is 2.32. The van der Waals surface area contributed by atoms with Crippen LogP contribution in [-0.4, -0.2) is 30.2 Å². The van der Waals surface area contributed by atoms with Gasteiger partial charge in [-0.3, -0.25) is 0 Å². The number of halogens is 3. The van der Waals surface area contributed by atoms with Crippen LogP contribution in [0.15, 0.2) is 57.4 Å². The van der Waals surface area contributed by atoms with Gasteiger partial charge < -0.3 is 21.7 Å². The van der Waals surface area contributed by atoms with Crippen molar-refractivity contribution in [1.82, 2.24) is 0 Å². The van der Waals surface area contributed by atoms with Crippen LogP contribution in [0.1, 0.15) is 40.2 Å². The van der Waals surface area contributed by atoms with E-state index in [0.717, 1.165) is 17.8 Å². The quantitative estimate of drug-likeness (QED) is 0.331. The van der Waals surface area contributed by atoms with E-state index in [2.05, 4.69) is 37.6 Å². The van der Waals surface area contributed by atoms with Gasteiger partial charge in [-0.05, 0) is 77.7 Å². The van der Waals surface area contributed by atoms with Crippen LogP contribution in [0.3, 0.4) is 0 Å². The number of guanidine groups is 2. The van der Waals surface area contributed by atoms with E-state index < -0.39 is 17.3 Å². The summed E-state index contributed by atoms with van der Waals surface area (Å²) >= 11 is 0. The molecule has 2 aromatic carbocycles. The van der Waals surface area contributed by atoms with Gasteiger partial charge in [0.2, 0.25) is 5.96 Å². The van der Waals surface area contributed by atoms with Crippen molar-refractivity contribution in [3.8, 4) is 0 Å². The predicted octanol–water partition coefficient (Wildman–Crippen LogP) is 5.85. The summed E-state index contributed by atoms with van der Waals surface area (Å²) in [6.07, 6.45) is -4.53. The molecule has 5 N–H and O–H groups in total. The summed E-state index contributed by atoms with van der Waals surface area (Å²) in [5.41, 5.74) is 6.50. The molecule has 0 radical (unpaired) electrons. The molecule has 33 heavy (non-hydrogen) atoms. The molecule has 7 nitrogen and oxygen atoms in total. The number of hydrogen-bond acceptors (Lipinski definition) is 3. The molecule has 2 aromatic rings. The van der Waals surface area contributed by atoms with Gasteiger partial charge in [0.25, 0.3) is 5.96 Å². The van der Waals surface area contributed by atoms with Gasteiger partial charge in [0.1, 0.15) is 0 Å². The zero-order valence-corrected chi connectivity index (χ0v) is 19.4. The highest BCUT2D eigenvalue weighted by molar-refractivity contribution is 6.03. The molecular weight excluding hydrogens is 431 g/mol. The van der Waals surface area contributed by atoms with Crippen molar-refractivity contribution < 1.29 is 13.2 Å². The van der Waals surface area contributed by atoms with Crippen molar-refractivity contribution in [3.05, 3.63) is 48.0 Å². The Morgan fingerprint density at radius 1 is 1.00 bits per heavy atom. The number of nitrogens with one attached hydrogen (secondary N) is 3. The molecule has 0 aliphatic heterocycles. The molecule has 0 heterocycles. The Hall–Kier alpha value is -3.56. The Labute approximate surface area is 192 Å². The lowest BCUT2D eigenvalue weighted by Crippen LogP contribution is -2.27. The molecule has 0 saturated carbocycles. The van der Waals surface area contributed by atoms with Crippen molar-refractivity contribution in [2.45, 2.75) is 52.4 Å². The summed E-state index contributed by atoms with van der Waals surface area (Å²) in [4.78, 5) is 12.1. The minimum atomic E-state index is -4.53. The van der Waals surface area contributed by atoms with Crippen molar-refractivity contribution in [1.29, 1.82) is 0 Å². The number of nitrogens with zero attached hydrogens (tertiary/aromatic N) is 3. The van der Waals surface area contributed by atoms with Crippen molar-refractivity contribution in [2.75, 3.05) is 16.0 Å². The van der Waals surface area contributed by atoms with E-state index in [1.54, 1.807) is 6.07 Å². The van der Waals surface area contributed by atoms with Crippen LogP contribution in [0.25, 0.3) is 0 Å². The van der Waals surface area contributed by atoms with Crippen LogP contribution in [0.2, 0.25) is 0 Å². The summed E-state index contributed by atoms with van der Waals surface area (Å²) < 4.78 is 40.1. The average molecular weight is 462 g/mol. The third-order valence-corrected chi connectivity index (χ3v) is 3.94. The third kappa shape index (κ3) is 8.83. The van der Waals surface area contributed by atoms with Gasteiger partial charge in [0.05, 0.1) is 11.3 Å². The maximum atomic E-state index is 13.4. The lowest BCUT2D eigenvalue weighted by Gasteiger charge is -2.23. The van der Waals surface area contributed by atoms with E-state index in [9.17, 15) is 13.2 Å². The van der Waals surface area contributed by atoms with Gasteiger partial charge in [-0.15, -0.1) is 0 Å². The van der Waals surface area contributed by atoms with Crippen molar-refractivity contribution in [2.24, 2.45) is 20.7 Å². The highest BCUT2D eigenvalue weighted by Crippen LogP contribution is 2.34. The van der Waals surface area contributed by atoms with Crippen LogP contribution >= 0.6 is 0 Å². The molecule has 0 aliphatic rings. The molecule has 0 atom stereocenters. The van der Waals surface area contributed by atoms with Gasteiger partial charge in [-0.25, -0.2) is 9.98 Å². The van der Waals surface area contributed by atoms with E-state index in [1.165, 1.54) is 6.07 Å². The fraction of sp³-hybridized carbons (Fsp3) is 0.348. The van der Waals surface area contributed by atoms with Gasteiger partial charge in [-0.2, -0.15) is 18.2 Å². The van der Waals surface area contributed by atoms with Crippen LogP contribution in [0, 0.1) is 0 Å². The van der Waals surface area contributed by atoms with Gasteiger partial charge in [0.15, 0.2) is 0 Å². The van der Waals surface area contributed by atoms with Crippen LogP contribution in [0.4, 0.5) is 35.9 Å². The topological polar surface area (TPSA) is 99.2 Å². The molecule has 0 amide bonds. The average Bonchev–Trinajstić information content (AvgIpc) is 2.64. The van der Waals surface area contributed by atoms with E-state index in [1.807, 2.05) is 52.8 Å². The molecule has 0 aromatic heterocycles. The Kier molecular flexibility index (Phi) is 8.08. The minimum absolute atomic E-state index is 0.0401. The van der Waals surface area contributed by atoms with E-state index in [4.69, 9.17) is 5.73 Å². The number of benzene rings is 2. The number of hydrogen-bond donors (Lipinski definition) is 4. The second kappa shape index (κ2) is 10.4. The summed E-state index contributed by atoms with van der Waals surface area (Å²) in [5.74, 6) is -0.222. The second-order valence-electron chi connectivity index (χ2n) is 8.71. The number of alkyl halides is 3. The van der Waals surface area contributed by atoms with E-state index in [0.29, 0.717) is 5.69 Å². The fourth-order valence-corrected chi connectivity index (χ4v) is 2.86. The molecule has 10 heteroatoms. The molecule has 0 saturated heterocycles. The maximum Gasteiger partial charge on any atom is 0.416 e. The van der Waals surface area contributed by atoms with Gasteiger partial charge in [-0.1, -0.05) is 6.07 Å². The lowest BCUT2D eigenvalue weighted by molar-refractivity contribution is -0.137. The summed E-state index contributed by atoms with van der Waals surface area (Å²) in [7, 11) is 0. The van der Waals surface area contributed by atoms with Gasteiger partial charge in [0, 0.05) is 28.6 Å². The summed E-state index contributed by atoms with van der Waals surface area (Å²) in [5, 5.41) is 8.97. The molecule has 0 unspecified atom stereocenters. The Bertz CT molecular complexity index is 1040. The Morgan fingerprint density at radius 3 is 2.24 bits per heavy atom. The summed E-state index contributed by atoms with van der Waals surface area (Å²) in [6, 6.07) is 11.0. The van der Waals surface area contributed by atoms with Gasteiger partial charge >= 0.3 is 6.18 Å². The van der Waals surface area contributed by atoms with Crippen LogP contribution < -0.4 is 21.7 Å². The fourth-order valence-electron chi connectivity index (χ4n) is 2.86. The van der Waals surface area contributed by atoms with Crippen LogP contribution in [0.5, 0.6) is 0 Å². The first-order valence-corrected chi connectivity index (χ1v) is 10.3. The molecule has 0 spiro atoms. The van der Waals surface area contributed by atoms with Crippen LogP contribution in [-0.2, 0) is 6.18 Å². The molecule has 178 valence electrons. The standard InChI is InChI=1S/C23H30F3N7/c1-14(2)29-16-8-7-9-17(12-16)31-21(28-6)32-20(27)30-18-10-15(23(24,25)26)11-19(13-18)33-22(3,4)5/h7-14,29,33H,6H2,1-5H3,(H3,27,30,31,32). The Morgan fingerprint density at radius 2 is 1.67 bits per heavy atom. The first kappa shape index (κ1) is 25.7. The first-order valence-electron chi connectivity index (χ1n) is 10.3. The van der Waals surface area contributed by atoms with Crippen molar-refractivity contribution >= 4 is 41.4 Å². The molecular formula is C23H30F3N7. The highest BCUT2D eigenvalue weighted by atomic mass is 19.4. The maximum absolute atomic E-state index is 13.4. The number of aliphatic imine (C=N–C) groups is 3. The van der Waals surface area contributed by atoms with Crippen molar-refractivity contribution in [3.63, 3.8) is 0 Å². The van der Waals surface area contributed by atoms with E-state index in [-0.39, 0.29) is 29.3 Å². The number of nitrogens with two attached hydrogens (primary N) is 1. The zero-order chi connectivity index (χ0) is 24.8. The normalized spacial score (nSPS) is 13.1. The smallest absolute Gasteiger partial charge is 0.383 e. The van der Waals surface area contributed by atoms with E-state index >= 15 is 0 Å². The molecule has 0 bridgehead atoms. The number of rotatable bonds is 5. The third-order valence-electron chi connectivity index (χ3n) is 3.94. The summed E-state index contributed by atoms with van der Waals surface area (Å²) in [6.45, 7) is 13.0. The lowest BCUT2D eigenvalue weighted by atomic mass is 10.1. The predicted molar refractivity (Wildman–Crippen MR) is 132 cm³/mol.